The largest absolute Gasteiger partial charge is 0.279 e. The van der Waals surface area contributed by atoms with Gasteiger partial charge in [0.1, 0.15) is 0 Å². The average Bonchev–Trinajstić information content (AvgIpc) is 3.35. The summed E-state index contributed by atoms with van der Waals surface area (Å²) in [6.45, 7) is 3.35. The van der Waals surface area contributed by atoms with Crippen LogP contribution in [0.25, 0.3) is 10.2 Å². The number of carbonyl (C=O) groups is 1. The molecule has 0 atom stereocenters. The summed E-state index contributed by atoms with van der Waals surface area (Å²) in [6, 6.07) is 20.2. The molecule has 8 nitrogen and oxygen atoms in total. The Kier molecular flexibility index (Phi) is 7.60. The van der Waals surface area contributed by atoms with Gasteiger partial charge in [-0.2, -0.15) is 4.31 Å². The van der Waals surface area contributed by atoms with Crippen molar-refractivity contribution < 1.29 is 21.6 Å². The van der Waals surface area contributed by atoms with Gasteiger partial charge in [-0.3, -0.25) is 9.69 Å². The lowest BCUT2D eigenvalue weighted by Gasteiger charge is -2.29. The maximum absolute atomic E-state index is 13.8. The van der Waals surface area contributed by atoms with E-state index < -0.39 is 19.9 Å². The van der Waals surface area contributed by atoms with E-state index in [0.717, 1.165) is 24.7 Å². The number of hydrogen-bond acceptors (Lipinski definition) is 7. The van der Waals surface area contributed by atoms with Gasteiger partial charge in [0.15, 0.2) is 15.0 Å². The Morgan fingerprint density at radius 2 is 1.59 bits per heavy atom. The van der Waals surface area contributed by atoms with E-state index in [-0.39, 0.29) is 22.2 Å². The predicted octanol–water partition coefficient (Wildman–Crippen LogP) is 4.97. The number of thiazole rings is 1. The van der Waals surface area contributed by atoms with Crippen LogP contribution < -0.4 is 4.90 Å². The van der Waals surface area contributed by atoms with Gasteiger partial charge in [0, 0.05) is 24.9 Å². The Bertz CT molecular complexity index is 1710. The third-order valence-electron chi connectivity index (χ3n) is 6.92. The molecule has 0 N–H and O–H groups in total. The second-order valence-corrected chi connectivity index (χ2v) is 14.8. The van der Waals surface area contributed by atoms with Gasteiger partial charge in [-0.05, 0) is 66.8 Å². The molecule has 4 aromatic rings. The molecule has 0 aliphatic carbocycles. The summed E-state index contributed by atoms with van der Waals surface area (Å²) in [6.07, 6.45) is 2.81. The van der Waals surface area contributed by atoms with Gasteiger partial charge in [-0.15, -0.1) is 0 Å². The number of hydrogen-bond donors (Lipinski definition) is 0. The first-order valence-electron chi connectivity index (χ1n) is 12.6. The van der Waals surface area contributed by atoms with Gasteiger partial charge in [0.25, 0.3) is 5.91 Å². The van der Waals surface area contributed by atoms with Crippen LogP contribution in [0, 0.1) is 5.92 Å². The van der Waals surface area contributed by atoms with Crippen LogP contribution in [0.1, 0.15) is 35.7 Å². The zero-order valence-corrected chi connectivity index (χ0v) is 24.1. The van der Waals surface area contributed by atoms with Crippen LogP contribution in [0.2, 0.25) is 0 Å². The number of piperidine rings is 1. The van der Waals surface area contributed by atoms with Crippen molar-refractivity contribution in [1.29, 1.82) is 0 Å². The van der Waals surface area contributed by atoms with Crippen molar-refractivity contribution in [2.75, 3.05) is 24.2 Å². The molecular weight excluding hydrogens is 555 g/mol. The zero-order chi connectivity index (χ0) is 27.8. The Hall–Kier alpha value is -3.12. The number of aromatic nitrogens is 1. The molecule has 1 aliphatic rings. The highest BCUT2D eigenvalue weighted by molar-refractivity contribution is 7.90. The van der Waals surface area contributed by atoms with Crippen molar-refractivity contribution in [2.24, 2.45) is 5.92 Å². The Morgan fingerprint density at radius 1 is 0.949 bits per heavy atom. The fourth-order valence-corrected chi connectivity index (χ4v) is 7.72. The number of rotatable bonds is 7. The number of amides is 1. The molecule has 1 aromatic heterocycles. The van der Waals surface area contributed by atoms with E-state index in [1.807, 2.05) is 30.3 Å². The van der Waals surface area contributed by atoms with E-state index in [2.05, 4.69) is 11.9 Å². The molecule has 11 heteroatoms. The highest BCUT2D eigenvalue weighted by atomic mass is 32.2. The van der Waals surface area contributed by atoms with E-state index in [1.165, 1.54) is 50.9 Å². The number of nitrogens with zero attached hydrogens (tertiary/aromatic N) is 3. The second-order valence-electron chi connectivity index (χ2n) is 9.89. The summed E-state index contributed by atoms with van der Waals surface area (Å²) < 4.78 is 52.5. The fourth-order valence-electron chi connectivity index (χ4n) is 4.53. The number of carbonyl (C=O) groups excluding carboxylic acids is 1. The standard InChI is InChI=1S/C28H29N3O5S3/c1-20-14-16-30(17-15-20)39(35,36)23-10-8-22(9-11-23)27(32)31(19-21-6-4-3-5-7-21)28-29-25-13-12-24(38(2,33)34)18-26(25)37-28/h3-13,18,20H,14-17,19H2,1-2H3. The summed E-state index contributed by atoms with van der Waals surface area (Å²) in [5.41, 5.74) is 1.80. The van der Waals surface area contributed by atoms with E-state index in [1.54, 1.807) is 12.1 Å². The second kappa shape index (κ2) is 10.8. The minimum absolute atomic E-state index is 0.163. The maximum Gasteiger partial charge on any atom is 0.260 e. The van der Waals surface area contributed by atoms with E-state index in [9.17, 15) is 21.6 Å². The molecule has 0 spiro atoms. The lowest BCUT2D eigenvalue weighted by atomic mass is 10.0. The zero-order valence-electron chi connectivity index (χ0n) is 21.6. The third kappa shape index (κ3) is 5.91. The van der Waals surface area contributed by atoms with E-state index in [4.69, 9.17) is 0 Å². The number of fused-ring (bicyclic) bond motifs is 1. The van der Waals surface area contributed by atoms with Gasteiger partial charge < -0.3 is 0 Å². The Labute approximate surface area is 232 Å². The van der Waals surface area contributed by atoms with Crippen LogP contribution in [0.15, 0.2) is 82.6 Å². The van der Waals surface area contributed by atoms with Crippen molar-refractivity contribution in [2.45, 2.75) is 36.1 Å². The van der Waals surface area contributed by atoms with Crippen molar-refractivity contribution in [1.82, 2.24) is 9.29 Å². The lowest BCUT2D eigenvalue weighted by Crippen LogP contribution is -2.37. The van der Waals surface area contributed by atoms with Crippen LogP contribution in [0.5, 0.6) is 0 Å². The smallest absolute Gasteiger partial charge is 0.260 e. The first-order chi connectivity index (χ1) is 18.5. The Morgan fingerprint density at radius 3 is 2.23 bits per heavy atom. The summed E-state index contributed by atoms with van der Waals surface area (Å²) >= 11 is 1.23. The first-order valence-corrected chi connectivity index (χ1v) is 16.7. The molecule has 0 unspecified atom stereocenters. The maximum atomic E-state index is 13.8. The van der Waals surface area contributed by atoms with Gasteiger partial charge in [-0.25, -0.2) is 21.8 Å². The molecule has 2 heterocycles. The van der Waals surface area contributed by atoms with E-state index in [0.29, 0.717) is 39.9 Å². The molecule has 204 valence electrons. The molecule has 5 rings (SSSR count). The quantitative estimate of drug-likeness (QED) is 0.304. The summed E-state index contributed by atoms with van der Waals surface area (Å²) in [7, 11) is -7.03. The first kappa shape index (κ1) is 27.4. The third-order valence-corrected chi connectivity index (χ3v) is 11.0. The van der Waals surface area contributed by atoms with Crippen LogP contribution >= 0.6 is 11.3 Å². The van der Waals surface area contributed by atoms with Crippen molar-refractivity contribution in [3.63, 3.8) is 0 Å². The van der Waals surface area contributed by atoms with Gasteiger partial charge in [0.05, 0.1) is 26.6 Å². The monoisotopic (exact) mass is 583 g/mol. The predicted molar refractivity (Wildman–Crippen MR) is 153 cm³/mol. The number of sulfone groups is 1. The van der Waals surface area contributed by atoms with Gasteiger partial charge in [-0.1, -0.05) is 48.6 Å². The highest BCUT2D eigenvalue weighted by Gasteiger charge is 2.29. The molecule has 3 aromatic carbocycles. The van der Waals surface area contributed by atoms with Crippen molar-refractivity contribution >= 4 is 52.5 Å². The lowest BCUT2D eigenvalue weighted by molar-refractivity contribution is 0.0985. The van der Waals surface area contributed by atoms with Crippen LogP contribution in [-0.2, 0) is 26.4 Å². The van der Waals surface area contributed by atoms with Gasteiger partial charge >= 0.3 is 0 Å². The Balaban J connectivity index is 1.47. The molecule has 39 heavy (non-hydrogen) atoms. The molecule has 0 saturated carbocycles. The molecule has 1 fully saturated rings. The number of benzene rings is 3. The van der Waals surface area contributed by atoms with Crippen LogP contribution in [0.4, 0.5) is 5.13 Å². The molecule has 0 bridgehead atoms. The highest BCUT2D eigenvalue weighted by Crippen LogP contribution is 2.33. The molecule has 1 saturated heterocycles. The van der Waals surface area contributed by atoms with Crippen molar-refractivity contribution in [3.8, 4) is 0 Å². The molecule has 1 aliphatic heterocycles. The summed E-state index contributed by atoms with van der Waals surface area (Å²) in [5.74, 6) is 0.171. The summed E-state index contributed by atoms with van der Waals surface area (Å²) in [4.78, 5) is 20.3. The molecule has 1 amide bonds. The van der Waals surface area contributed by atoms with E-state index >= 15 is 0 Å². The van der Waals surface area contributed by atoms with Crippen LogP contribution in [0.3, 0.4) is 0 Å². The SMILES string of the molecule is CC1CCN(S(=O)(=O)c2ccc(C(=O)N(Cc3ccccc3)c3nc4ccc(S(C)(=O)=O)cc4s3)cc2)CC1. The van der Waals surface area contributed by atoms with Crippen LogP contribution in [-0.4, -0.2) is 51.4 Å². The minimum Gasteiger partial charge on any atom is -0.279 e. The number of anilines is 1. The minimum atomic E-state index is -3.63. The summed E-state index contributed by atoms with van der Waals surface area (Å²) in [5, 5.41) is 0.420. The molecule has 0 radical (unpaired) electrons. The molecular formula is C28H29N3O5S3. The average molecular weight is 584 g/mol. The number of sulfonamides is 1. The van der Waals surface area contributed by atoms with Crippen molar-refractivity contribution in [3.05, 3.63) is 83.9 Å². The normalized spacial score (nSPS) is 15.4. The topological polar surface area (TPSA) is 105 Å². The van der Waals surface area contributed by atoms with Gasteiger partial charge in [0.2, 0.25) is 10.0 Å². The fraction of sp³-hybridized carbons (Fsp3) is 0.286.